The number of amides is 2. The maximum Gasteiger partial charge on any atom is 0.320 e. The van der Waals surface area contributed by atoms with E-state index in [0.29, 0.717) is 18.0 Å². The monoisotopic (exact) mass is 416 g/mol. The number of anilines is 1. The molecule has 2 N–H and O–H groups in total. The van der Waals surface area contributed by atoms with Gasteiger partial charge < -0.3 is 15.4 Å². The third-order valence-corrected chi connectivity index (χ3v) is 4.99. The molecule has 0 saturated heterocycles. The highest BCUT2D eigenvalue weighted by Gasteiger charge is 2.18. The van der Waals surface area contributed by atoms with Gasteiger partial charge in [-0.05, 0) is 29.8 Å². The first-order valence-electron chi connectivity index (χ1n) is 9.41. The second-order valence-corrected chi connectivity index (χ2v) is 7.21. The Labute approximate surface area is 178 Å². The summed E-state index contributed by atoms with van der Waals surface area (Å²) < 4.78 is 5.75. The Morgan fingerprint density at radius 3 is 2.63 bits per heavy atom. The molecular formula is C23H20N4O2S. The number of carbonyl (C=O) groups is 1. The van der Waals surface area contributed by atoms with Crippen LogP contribution in [0, 0.1) is 0 Å². The highest BCUT2D eigenvalue weighted by Crippen LogP contribution is 2.22. The van der Waals surface area contributed by atoms with Crippen molar-refractivity contribution in [3.8, 4) is 5.75 Å². The number of pyridine rings is 1. The van der Waals surface area contributed by atoms with Gasteiger partial charge in [-0.15, -0.1) is 11.3 Å². The first-order valence-corrected chi connectivity index (χ1v) is 10.4. The molecule has 0 aliphatic carbocycles. The van der Waals surface area contributed by atoms with Crippen molar-refractivity contribution in [1.82, 2.24) is 15.3 Å². The maximum absolute atomic E-state index is 12.7. The molecule has 0 radical (unpaired) electrons. The molecule has 0 bridgehead atoms. The lowest BCUT2D eigenvalue weighted by atomic mass is 10.0. The summed E-state index contributed by atoms with van der Waals surface area (Å²) in [5, 5.41) is 7.83. The third kappa shape index (κ3) is 5.21. The first-order chi connectivity index (χ1) is 14.8. The van der Waals surface area contributed by atoms with Gasteiger partial charge in [0.1, 0.15) is 12.4 Å². The predicted molar refractivity (Wildman–Crippen MR) is 118 cm³/mol. The second kappa shape index (κ2) is 9.67. The quantitative estimate of drug-likeness (QED) is 0.443. The van der Waals surface area contributed by atoms with E-state index in [1.807, 2.05) is 72.1 Å². The second-order valence-electron chi connectivity index (χ2n) is 6.49. The van der Waals surface area contributed by atoms with Gasteiger partial charge in [0.25, 0.3) is 0 Å². The Kier molecular flexibility index (Phi) is 6.31. The number of hydrogen-bond acceptors (Lipinski definition) is 5. The summed E-state index contributed by atoms with van der Waals surface area (Å²) in [5.41, 5.74) is 4.99. The van der Waals surface area contributed by atoms with E-state index in [2.05, 4.69) is 20.6 Å². The number of nitrogens with zero attached hydrogens (tertiary/aromatic N) is 2. The number of urea groups is 1. The van der Waals surface area contributed by atoms with Crippen molar-refractivity contribution < 1.29 is 9.53 Å². The number of ether oxygens (including phenoxy) is 1. The Hall–Kier alpha value is -3.71. The smallest absolute Gasteiger partial charge is 0.320 e. The van der Waals surface area contributed by atoms with Crippen molar-refractivity contribution in [2.75, 3.05) is 5.32 Å². The molecule has 150 valence electrons. The van der Waals surface area contributed by atoms with E-state index in [1.165, 1.54) is 11.3 Å². The van der Waals surface area contributed by atoms with Gasteiger partial charge in [0, 0.05) is 23.3 Å². The lowest BCUT2D eigenvalue weighted by Crippen LogP contribution is -2.33. The van der Waals surface area contributed by atoms with Gasteiger partial charge >= 0.3 is 6.03 Å². The van der Waals surface area contributed by atoms with E-state index in [1.54, 1.807) is 17.8 Å². The number of nitrogens with one attached hydrogen (secondary N) is 2. The minimum absolute atomic E-state index is 0.328. The highest BCUT2D eigenvalue weighted by molar-refractivity contribution is 7.07. The fourth-order valence-corrected chi connectivity index (χ4v) is 3.49. The number of carbonyl (C=O) groups excluding carboxylic acids is 1. The molecule has 0 fully saturated rings. The normalized spacial score (nSPS) is 11.5. The minimum atomic E-state index is -0.364. The predicted octanol–water partition coefficient (Wildman–Crippen LogP) is 5.03. The summed E-state index contributed by atoms with van der Waals surface area (Å²) in [6.45, 7) is 0.384. The fourth-order valence-electron chi connectivity index (χ4n) is 2.95. The Balaban J connectivity index is 1.44. The molecule has 0 aliphatic rings. The van der Waals surface area contributed by atoms with E-state index < -0.39 is 0 Å². The van der Waals surface area contributed by atoms with Crippen molar-refractivity contribution in [2.24, 2.45) is 0 Å². The van der Waals surface area contributed by atoms with Gasteiger partial charge in [-0.25, -0.2) is 9.78 Å². The molecule has 0 spiro atoms. The fraction of sp³-hybridized carbons (Fsp3) is 0.0870. The Morgan fingerprint density at radius 2 is 1.87 bits per heavy atom. The molecule has 0 saturated carbocycles. The molecule has 2 aromatic heterocycles. The van der Waals surface area contributed by atoms with Crippen LogP contribution in [0.25, 0.3) is 0 Å². The summed E-state index contributed by atoms with van der Waals surface area (Å²) in [5.74, 6) is 0.658. The van der Waals surface area contributed by atoms with Crippen LogP contribution in [0.15, 0.2) is 89.9 Å². The van der Waals surface area contributed by atoms with Gasteiger partial charge in [-0.3, -0.25) is 4.98 Å². The number of rotatable bonds is 7. The SMILES string of the molecule is O=C(Nc1cccc(OCc2cscn2)c1)NC(c1ccccc1)c1ccccn1. The van der Waals surface area contributed by atoms with Crippen molar-refractivity contribution in [3.05, 3.63) is 107 Å². The van der Waals surface area contributed by atoms with Crippen LogP contribution in [0.3, 0.4) is 0 Å². The van der Waals surface area contributed by atoms with Gasteiger partial charge in [0.05, 0.1) is 22.9 Å². The van der Waals surface area contributed by atoms with Crippen LogP contribution in [0.2, 0.25) is 0 Å². The number of thiazole rings is 1. The molecule has 4 rings (SSSR count). The van der Waals surface area contributed by atoms with Gasteiger partial charge in [-0.1, -0.05) is 42.5 Å². The van der Waals surface area contributed by atoms with Crippen molar-refractivity contribution in [1.29, 1.82) is 0 Å². The van der Waals surface area contributed by atoms with E-state index >= 15 is 0 Å². The zero-order valence-electron chi connectivity index (χ0n) is 16.1. The van der Waals surface area contributed by atoms with E-state index in [0.717, 1.165) is 17.0 Å². The zero-order chi connectivity index (χ0) is 20.6. The molecule has 6 nitrogen and oxygen atoms in total. The van der Waals surface area contributed by atoms with Gasteiger partial charge in [0.15, 0.2) is 0 Å². The Morgan fingerprint density at radius 1 is 1.00 bits per heavy atom. The first kappa shape index (κ1) is 19.6. The summed E-state index contributed by atoms with van der Waals surface area (Å²) in [6, 6.07) is 22.0. The van der Waals surface area contributed by atoms with Crippen LogP contribution >= 0.6 is 11.3 Å². The van der Waals surface area contributed by atoms with Crippen LogP contribution in [0.1, 0.15) is 23.0 Å². The van der Waals surface area contributed by atoms with Crippen LogP contribution in [-0.4, -0.2) is 16.0 Å². The van der Waals surface area contributed by atoms with Gasteiger partial charge in [0.2, 0.25) is 0 Å². The molecule has 30 heavy (non-hydrogen) atoms. The molecule has 7 heteroatoms. The van der Waals surface area contributed by atoms with E-state index in [-0.39, 0.29) is 12.1 Å². The lowest BCUT2D eigenvalue weighted by Gasteiger charge is -2.19. The van der Waals surface area contributed by atoms with Crippen LogP contribution in [0.5, 0.6) is 5.75 Å². The third-order valence-electron chi connectivity index (χ3n) is 4.35. The van der Waals surface area contributed by atoms with E-state index in [4.69, 9.17) is 4.74 Å². The molecule has 1 atom stereocenters. The molecule has 4 aromatic rings. The highest BCUT2D eigenvalue weighted by atomic mass is 32.1. The number of benzene rings is 2. The lowest BCUT2D eigenvalue weighted by molar-refractivity contribution is 0.250. The number of hydrogen-bond donors (Lipinski definition) is 2. The molecule has 1 unspecified atom stereocenters. The topological polar surface area (TPSA) is 76.1 Å². The largest absolute Gasteiger partial charge is 0.487 e. The van der Waals surface area contributed by atoms with Crippen LogP contribution in [0.4, 0.5) is 10.5 Å². The molecule has 0 aliphatic heterocycles. The standard InChI is InChI=1S/C23H20N4O2S/c28-23(26-18-9-6-10-20(13-18)29-14-19-15-30-16-25-19)27-22(17-7-2-1-3-8-17)21-11-4-5-12-24-21/h1-13,15-16,22H,14H2,(H2,26,27,28). The number of aromatic nitrogens is 2. The molecule has 2 aromatic carbocycles. The van der Waals surface area contributed by atoms with Crippen molar-refractivity contribution >= 4 is 23.1 Å². The summed E-state index contributed by atoms with van der Waals surface area (Å²) in [6.07, 6.45) is 1.72. The zero-order valence-corrected chi connectivity index (χ0v) is 16.9. The average Bonchev–Trinajstić information content (AvgIpc) is 3.31. The maximum atomic E-state index is 12.7. The summed E-state index contributed by atoms with van der Waals surface area (Å²) >= 11 is 1.53. The Bertz CT molecular complexity index is 1030. The summed E-state index contributed by atoms with van der Waals surface area (Å²) in [4.78, 5) is 21.3. The minimum Gasteiger partial charge on any atom is -0.487 e. The van der Waals surface area contributed by atoms with Gasteiger partial charge in [-0.2, -0.15) is 0 Å². The molecular weight excluding hydrogens is 396 g/mol. The van der Waals surface area contributed by atoms with E-state index in [9.17, 15) is 4.79 Å². The summed E-state index contributed by atoms with van der Waals surface area (Å²) in [7, 11) is 0. The van der Waals surface area contributed by atoms with Crippen molar-refractivity contribution in [2.45, 2.75) is 12.6 Å². The van der Waals surface area contributed by atoms with Crippen LogP contribution in [-0.2, 0) is 6.61 Å². The van der Waals surface area contributed by atoms with Crippen LogP contribution < -0.4 is 15.4 Å². The van der Waals surface area contributed by atoms with Crippen molar-refractivity contribution in [3.63, 3.8) is 0 Å². The average molecular weight is 417 g/mol. The molecule has 2 amide bonds. The molecule has 2 heterocycles.